The number of nitrogens with zero attached hydrogens (tertiary/aromatic N) is 5. The van der Waals surface area contributed by atoms with Crippen LogP contribution in [-0.2, 0) is 11.2 Å². The minimum absolute atomic E-state index is 0.241. The van der Waals surface area contributed by atoms with Gasteiger partial charge in [0.1, 0.15) is 0 Å². The molecule has 1 aromatic carbocycles. The number of hydrogen-bond acceptors (Lipinski definition) is 6. The van der Waals surface area contributed by atoms with Crippen LogP contribution in [0, 0.1) is 6.92 Å². The van der Waals surface area contributed by atoms with Crippen molar-refractivity contribution < 1.29 is 4.79 Å². The lowest BCUT2D eigenvalue weighted by Gasteiger charge is -2.13. The van der Waals surface area contributed by atoms with Gasteiger partial charge in [-0.15, -0.1) is 0 Å². The fraction of sp³-hybridized carbons (Fsp3) is 0.136. The topological polar surface area (TPSA) is 107 Å². The van der Waals surface area contributed by atoms with E-state index in [9.17, 15) is 9.59 Å². The molecule has 0 radical (unpaired) electrons. The lowest BCUT2D eigenvalue weighted by atomic mass is 10.1. The summed E-state index contributed by atoms with van der Waals surface area (Å²) in [5.41, 5.74) is 3.25. The van der Waals surface area contributed by atoms with Gasteiger partial charge in [-0.25, -0.2) is 4.98 Å². The number of fused-ring (bicyclic) bond motifs is 1. The number of aromatic nitrogens is 5. The van der Waals surface area contributed by atoms with Gasteiger partial charge in [-0.3, -0.25) is 14.6 Å². The molecule has 0 fully saturated rings. The van der Waals surface area contributed by atoms with E-state index in [1.165, 1.54) is 9.47 Å². The Labute approximate surface area is 178 Å². The first-order valence-electron chi connectivity index (χ1n) is 9.69. The number of carbonyl (C=O) groups is 1. The zero-order valence-electron chi connectivity index (χ0n) is 16.9. The number of rotatable bonds is 8. The molecule has 0 saturated carbocycles. The second kappa shape index (κ2) is 8.62. The Morgan fingerprint density at radius 2 is 2.06 bits per heavy atom. The third kappa shape index (κ3) is 4.06. The summed E-state index contributed by atoms with van der Waals surface area (Å²) in [7, 11) is 0. The van der Waals surface area contributed by atoms with Crippen LogP contribution >= 0.6 is 0 Å². The van der Waals surface area contributed by atoms with E-state index in [1.54, 1.807) is 25.5 Å². The molecule has 0 saturated heterocycles. The van der Waals surface area contributed by atoms with Gasteiger partial charge in [0.05, 0.1) is 23.6 Å². The molecule has 0 unspecified atom stereocenters. The summed E-state index contributed by atoms with van der Waals surface area (Å²) in [6, 6.07) is 11.2. The Morgan fingerprint density at radius 3 is 2.84 bits per heavy atom. The Kier molecular flexibility index (Phi) is 5.57. The Bertz CT molecular complexity index is 1310. The second-order valence-electron chi connectivity index (χ2n) is 6.91. The van der Waals surface area contributed by atoms with Crippen LogP contribution in [0.3, 0.4) is 0 Å². The SMILES string of the molecule is C=C(NC=O)c1ccc2c(cnn2-n2c(C)cnc(NCCc3ccccn3)c2=O)c1. The predicted molar refractivity (Wildman–Crippen MR) is 118 cm³/mol. The summed E-state index contributed by atoms with van der Waals surface area (Å²) in [5.74, 6) is 0.241. The fourth-order valence-electron chi connectivity index (χ4n) is 3.26. The number of amides is 1. The molecule has 3 aromatic heterocycles. The second-order valence-corrected chi connectivity index (χ2v) is 6.91. The molecule has 0 atom stereocenters. The first-order valence-corrected chi connectivity index (χ1v) is 9.69. The van der Waals surface area contributed by atoms with Crippen LogP contribution in [0.5, 0.6) is 0 Å². The summed E-state index contributed by atoms with van der Waals surface area (Å²) >= 11 is 0. The molecule has 0 spiro atoms. The Balaban J connectivity index is 1.64. The van der Waals surface area contributed by atoms with E-state index in [4.69, 9.17) is 0 Å². The summed E-state index contributed by atoms with van der Waals surface area (Å²) in [6.45, 7) is 6.15. The summed E-state index contributed by atoms with van der Waals surface area (Å²) in [6.07, 6.45) is 6.28. The number of hydrogen-bond donors (Lipinski definition) is 2. The van der Waals surface area contributed by atoms with Crippen LogP contribution in [0.15, 0.2) is 66.4 Å². The zero-order valence-corrected chi connectivity index (χ0v) is 16.9. The van der Waals surface area contributed by atoms with Crippen molar-refractivity contribution in [2.75, 3.05) is 11.9 Å². The average molecular weight is 415 g/mol. The first kappa shape index (κ1) is 20.0. The van der Waals surface area contributed by atoms with Gasteiger partial charge in [0.25, 0.3) is 0 Å². The number of anilines is 1. The van der Waals surface area contributed by atoms with E-state index in [2.05, 4.69) is 32.3 Å². The average Bonchev–Trinajstić information content (AvgIpc) is 3.19. The van der Waals surface area contributed by atoms with Gasteiger partial charge < -0.3 is 10.6 Å². The lowest BCUT2D eigenvalue weighted by Crippen LogP contribution is -2.32. The molecule has 156 valence electrons. The van der Waals surface area contributed by atoms with Gasteiger partial charge in [-0.1, -0.05) is 18.7 Å². The Morgan fingerprint density at radius 1 is 1.19 bits per heavy atom. The number of nitrogens with one attached hydrogen (secondary N) is 2. The summed E-state index contributed by atoms with van der Waals surface area (Å²) < 4.78 is 1.47. The van der Waals surface area contributed by atoms with Crippen LogP contribution < -0.4 is 16.2 Å². The third-order valence-electron chi connectivity index (χ3n) is 4.83. The molecule has 0 aliphatic rings. The van der Waals surface area contributed by atoms with Crippen molar-refractivity contribution in [3.63, 3.8) is 0 Å². The van der Waals surface area contributed by atoms with E-state index < -0.39 is 0 Å². The number of pyridine rings is 1. The van der Waals surface area contributed by atoms with Crippen LogP contribution in [0.2, 0.25) is 0 Å². The zero-order chi connectivity index (χ0) is 21.8. The quantitative estimate of drug-likeness (QED) is 0.426. The maximum absolute atomic E-state index is 13.1. The first-order chi connectivity index (χ1) is 15.1. The smallest absolute Gasteiger partial charge is 0.313 e. The highest BCUT2D eigenvalue weighted by molar-refractivity contribution is 5.84. The van der Waals surface area contributed by atoms with E-state index in [0.717, 1.165) is 22.2 Å². The van der Waals surface area contributed by atoms with Crippen molar-refractivity contribution in [3.8, 4) is 0 Å². The molecule has 0 aliphatic heterocycles. The highest BCUT2D eigenvalue weighted by Gasteiger charge is 2.13. The molecule has 9 nitrogen and oxygen atoms in total. The third-order valence-corrected chi connectivity index (χ3v) is 4.83. The van der Waals surface area contributed by atoms with E-state index in [-0.39, 0.29) is 11.4 Å². The van der Waals surface area contributed by atoms with Crippen LogP contribution in [0.25, 0.3) is 16.6 Å². The molecule has 4 rings (SSSR count). The maximum Gasteiger partial charge on any atom is 0.313 e. The number of benzene rings is 1. The number of carbonyl (C=O) groups excluding carboxylic acids is 1. The standard InChI is InChI=1S/C22H21N7O2/c1-15-12-25-21(24-10-8-19-5-3-4-9-23-19)22(31)28(15)29-20-7-6-17(16(2)26-14-30)11-18(20)13-27-29/h3-7,9,11-14H,2,8,10H2,1H3,(H,24,25)(H,26,30). The van der Waals surface area contributed by atoms with E-state index >= 15 is 0 Å². The minimum Gasteiger partial charge on any atom is -0.365 e. The molecular weight excluding hydrogens is 394 g/mol. The van der Waals surface area contributed by atoms with Gasteiger partial charge in [0.2, 0.25) is 6.41 Å². The molecule has 2 N–H and O–H groups in total. The van der Waals surface area contributed by atoms with Crippen molar-refractivity contribution in [1.29, 1.82) is 0 Å². The van der Waals surface area contributed by atoms with Crippen LogP contribution in [0.1, 0.15) is 17.0 Å². The van der Waals surface area contributed by atoms with Crippen molar-refractivity contribution in [3.05, 3.63) is 88.9 Å². The molecule has 31 heavy (non-hydrogen) atoms. The molecule has 1 amide bonds. The Hall–Kier alpha value is -4.27. The lowest BCUT2D eigenvalue weighted by molar-refractivity contribution is -0.108. The largest absolute Gasteiger partial charge is 0.365 e. The molecule has 0 bridgehead atoms. The highest BCUT2D eigenvalue weighted by atomic mass is 16.1. The van der Waals surface area contributed by atoms with E-state index in [1.807, 2.05) is 36.4 Å². The normalized spacial score (nSPS) is 10.7. The fourth-order valence-corrected chi connectivity index (χ4v) is 3.26. The summed E-state index contributed by atoms with van der Waals surface area (Å²) in [4.78, 5) is 33.9. The molecule has 3 heterocycles. The van der Waals surface area contributed by atoms with Crippen molar-refractivity contribution in [2.45, 2.75) is 13.3 Å². The van der Waals surface area contributed by atoms with Gasteiger partial charge in [0, 0.05) is 35.9 Å². The van der Waals surface area contributed by atoms with Gasteiger partial charge in [0.15, 0.2) is 5.82 Å². The molecule has 9 heteroatoms. The number of aryl methyl sites for hydroxylation is 1. The van der Waals surface area contributed by atoms with E-state index in [0.29, 0.717) is 30.8 Å². The van der Waals surface area contributed by atoms with Crippen LogP contribution in [0.4, 0.5) is 5.82 Å². The molecule has 0 aliphatic carbocycles. The van der Waals surface area contributed by atoms with Gasteiger partial charge in [-0.2, -0.15) is 14.6 Å². The highest BCUT2D eigenvalue weighted by Crippen LogP contribution is 2.19. The van der Waals surface area contributed by atoms with Crippen LogP contribution in [-0.4, -0.2) is 37.5 Å². The van der Waals surface area contributed by atoms with Gasteiger partial charge in [-0.05, 0) is 36.8 Å². The molecular formula is C22H21N7O2. The maximum atomic E-state index is 13.1. The molecule has 4 aromatic rings. The minimum atomic E-state index is -0.304. The van der Waals surface area contributed by atoms with Crippen molar-refractivity contribution in [2.24, 2.45) is 0 Å². The summed E-state index contributed by atoms with van der Waals surface area (Å²) in [5, 5.41) is 10.8. The predicted octanol–water partition coefficient (Wildman–Crippen LogP) is 1.98. The van der Waals surface area contributed by atoms with Gasteiger partial charge >= 0.3 is 5.56 Å². The van der Waals surface area contributed by atoms with Crippen molar-refractivity contribution in [1.82, 2.24) is 29.9 Å². The van der Waals surface area contributed by atoms with Crippen molar-refractivity contribution >= 4 is 28.8 Å². The monoisotopic (exact) mass is 415 g/mol.